The average Bonchev–Trinajstić information content (AvgIpc) is 2.53. The maximum absolute atomic E-state index is 8.86. The van der Waals surface area contributed by atoms with Crippen molar-refractivity contribution in [2.75, 3.05) is 30.4 Å². The van der Waals surface area contributed by atoms with Gasteiger partial charge in [0.05, 0.1) is 19.3 Å². The van der Waals surface area contributed by atoms with Crippen LogP contribution in [-0.4, -0.2) is 42.0 Å². The van der Waals surface area contributed by atoms with E-state index in [0.717, 1.165) is 37.9 Å². The number of nitrogen functional groups attached to an aromatic ring is 1. The van der Waals surface area contributed by atoms with Crippen LogP contribution in [0.25, 0.3) is 6.08 Å². The number of ether oxygens (including phenoxy) is 1. The van der Waals surface area contributed by atoms with Crippen LogP contribution in [0.5, 0.6) is 0 Å². The molecule has 0 spiro atoms. The third-order valence-electron chi connectivity index (χ3n) is 4.67. The lowest BCUT2D eigenvalue weighted by molar-refractivity contribution is 0.00586. The number of aliphatic hydroxyl groups is 1. The van der Waals surface area contributed by atoms with Crippen molar-refractivity contribution in [3.63, 3.8) is 0 Å². The second-order valence-electron chi connectivity index (χ2n) is 6.14. The highest BCUT2D eigenvalue weighted by molar-refractivity contribution is 5.75. The van der Waals surface area contributed by atoms with E-state index >= 15 is 0 Å². The van der Waals surface area contributed by atoms with Gasteiger partial charge in [-0.3, -0.25) is 0 Å². The zero-order chi connectivity index (χ0) is 15.5. The van der Waals surface area contributed by atoms with Crippen LogP contribution in [0.1, 0.15) is 36.9 Å². The van der Waals surface area contributed by atoms with Crippen molar-refractivity contribution in [2.45, 2.75) is 44.8 Å². The van der Waals surface area contributed by atoms with Gasteiger partial charge in [0.1, 0.15) is 5.82 Å². The van der Waals surface area contributed by atoms with Crippen molar-refractivity contribution in [1.29, 1.82) is 0 Å². The Morgan fingerprint density at radius 1 is 1.36 bits per heavy atom. The van der Waals surface area contributed by atoms with Gasteiger partial charge in [0.15, 0.2) is 0 Å². The number of aryl methyl sites for hydroxylation is 1. The Balaban J connectivity index is 1.71. The summed E-state index contributed by atoms with van der Waals surface area (Å²) in [5.74, 6) is 0.594. The van der Waals surface area contributed by atoms with E-state index in [-0.39, 0.29) is 6.61 Å². The molecule has 1 saturated carbocycles. The van der Waals surface area contributed by atoms with Crippen LogP contribution in [0.3, 0.4) is 0 Å². The molecule has 5 heteroatoms. The largest absolute Gasteiger partial charge is 0.394 e. The first kappa shape index (κ1) is 15.3. The van der Waals surface area contributed by atoms with Gasteiger partial charge < -0.3 is 20.5 Å². The summed E-state index contributed by atoms with van der Waals surface area (Å²) in [5, 5.41) is 8.86. The summed E-state index contributed by atoms with van der Waals surface area (Å²) in [6, 6.07) is 2.53. The maximum Gasteiger partial charge on any atom is 0.125 e. The number of pyridine rings is 1. The minimum Gasteiger partial charge on any atom is -0.394 e. The molecule has 0 radical (unpaired) electrons. The predicted molar refractivity (Wildman–Crippen MR) is 88.8 cm³/mol. The fourth-order valence-electron chi connectivity index (χ4n) is 3.60. The van der Waals surface area contributed by atoms with Gasteiger partial charge in [0, 0.05) is 35.6 Å². The Bertz CT molecular complexity index is 551. The SMILES string of the molecule is Cc1nc(N)cc2c1C=CCN2C1CCC(OCCO)CC1. The zero-order valence-electron chi connectivity index (χ0n) is 13.2. The molecule has 2 aliphatic rings. The van der Waals surface area contributed by atoms with Crippen molar-refractivity contribution in [1.82, 2.24) is 4.98 Å². The van der Waals surface area contributed by atoms with Crippen molar-refractivity contribution in [3.05, 3.63) is 23.4 Å². The predicted octanol–water partition coefficient (Wildman–Crippen LogP) is 2.13. The standard InChI is InChI=1S/C17H25N3O2/c1-12-15-3-2-8-20(16(15)11-17(18)19-12)13-4-6-14(7-5-13)22-10-9-21/h2-3,11,13-14,21H,4-10H2,1H3,(H2,18,19). The van der Waals surface area contributed by atoms with E-state index in [1.54, 1.807) is 0 Å². The summed E-state index contributed by atoms with van der Waals surface area (Å²) < 4.78 is 5.66. The molecule has 0 saturated heterocycles. The Morgan fingerprint density at radius 2 is 2.14 bits per heavy atom. The summed E-state index contributed by atoms with van der Waals surface area (Å²) in [6.07, 6.45) is 9.01. The number of anilines is 2. The lowest BCUT2D eigenvalue weighted by atomic mass is 9.90. The molecule has 0 unspecified atom stereocenters. The molecule has 120 valence electrons. The molecule has 0 aromatic carbocycles. The van der Waals surface area contributed by atoms with Gasteiger partial charge in [-0.1, -0.05) is 12.2 Å². The molecule has 5 nitrogen and oxygen atoms in total. The molecule has 1 aliphatic carbocycles. The maximum atomic E-state index is 8.86. The fraction of sp³-hybridized carbons (Fsp3) is 0.588. The smallest absolute Gasteiger partial charge is 0.125 e. The van der Waals surface area contributed by atoms with Gasteiger partial charge in [0.2, 0.25) is 0 Å². The molecular weight excluding hydrogens is 278 g/mol. The molecule has 1 fully saturated rings. The minimum absolute atomic E-state index is 0.107. The van der Waals surface area contributed by atoms with Crippen molar-refractivity contribution >= 4 is 17.6 Å². The molecule has 0 atom stereocenters. The Hall–Kier alpha value is -1.59. The van der Waals surface area contributed by atoms with Crippen molar-refractivity contribution < 1.29 is 9.84 Å². The second-order valence-corrected chi connectivity index (χ2v) is 6.14. The molecule has 3 rings (SSSR count). The number of rotatable bonds is 4. The molecule has 3 N–H and O–H groups in total. The van der Waals surface area contributed by atoms with Crippen molar-refractivity contribution in [3.8, 4) is 0 Å². The van der Waals surface area contributed by atoms with Crippen LogP contribution >= 0.6 is 0 Å². The van der Waals surface area contributed by atoms with Crippen molar-refractivity contribution in [2.24, 2.45) is 0 Å². The number of aromatic nitrogens is 1. The van der Waals surface area contributed by atoms with Gasteiger partial charge in [0.25, 0.3) is 0 Å². The van der Waals surface area contributed by atoms with Crippen LogP contribution in [0, 0.1) is 6.92 Å². The third-order valence-corrected chi connectivity index (χ3v) is 4.67. The highest BCUT2D eigenvalue weighted by atomic mass is 16.5. The van der Waals surface area contributed by atoms with E-state index < -0.39 is 0 Å². The Labute approximate surface area is 131 Å². The monoisotopic (exact) mass is 303 g/mol. The quantitative estimate of drug-likeness (QED) is 0.891. The number of nitrogens with two attached hydrogens (primary N) is 1. The average molecular weight is 303 g/mol. The van der Waals surface area contributed by atoms with E-state index in [4.69, 9.17) is 15.6 Å². The number of nitrogens with zero attached hydrogens (tertiary/aromatic N) is 2. The first-order chi connectivity index (χ1) is 10.7. The van der Waals surface area contributed by atoms with E-state index in [1.165, 1.54) is 11.3 Å². The normalized spacial score (nSPS) is 24.4. The number of hydrogen-bond donors (Lipinski definition) is 2. The molecule has 22 heavy (non-hydrogen) atoms. The molecule has 0 bridgehead atoms. The molecule has 1 aromatic rings. The lowest BCUT2D eigenvalue weighted by Crippen LogP contribution is -2.41. The molecule has 2 heterocycles. The van der Waals surface area contributed by atoms with E-state index in [0.29, 0.717) is 24.6 Å². The van der Waals surface area contributed by atoms with Crippen LogP contribution in [0.4, 0.5) is 11.5 Å². The molecule has 1 aliphatic heterocycles. The van der Waals surface area contributed by atoms with Crippen LogP contribution in [0.2, 0.25) is 0 Å². The van der Waals surface area contributed by atoms with E-state index in [9.17, 15) is 0 Å². The van der Waals surface area contributed by atoms with Crippen LogP contribution in [0.15, 0.2) is 12.1 Å². The molecule has 1 aromatic heterocycles. The first-order valence-corrected chi connectivity index (χ1v) is 8.12. The summed E-state index contributed by atoms with van der Waals surface area (Å²) in [5.41, 5.74) is 9.35. The lowest BCUT2D eigenvalue weighted by Gasteiger charge is -2.40. The fourth-order valence-corrected chi connectivity index (χ4v) is 3.60. The molecular formula is C17H25N3O2. The van der Waals surface area contributed by atoms with E-state index in [2.05, 4.69) is 22.0 Å². The van der Waals surface area contributed by atoms with Gasteiger partial charge >= 0.3 is 0 Å². The van der Waals surface area contributed by atoms with Crippen LogP contribution < -0.4 is 10.6 Å². The van der Waals surface area contributed by atoms with Gasteiger partial charge in [-0.25, -0.2) is 4.98 Å². The summed E-state index contributed by atoms with van der Waals surface area (Å²) >= 11 is 0. The number of hydrogen-bond acceptors (Lipinski definition) is 5. The van der Waals surface area contributed by atoms with Gasteiger partial charge in [-0.05, 0) is 32.6 Å². The number of fused-ring (bicyclic) bond motifs is 1. The Kier molecular flexibility index (Phi) is 4.64. The highest BCUT2D eigenvalue weighted by Crippen LogP contribution is 2.35. The first-order valence-electron chi connectivity index (χ1n) is 8.12. The van der Waals surface area contributed by atoms with Gasteiger partial charge in [-0.15, -0.1) is 0 Å². The summed E-state index contributed by atoms with van der Waals surface area (Å²) in [6.45, 7) is 3.51. The van der Waals surface area contributed by atoms with E-state index in [1.807, 2.05) is 13.0 Å². The number of aliphatic hydroxyl groups excluding tert-OH is 1. The third kappa shape index (κ3) is 3.10. The van der Waals surface area contributed by atoms with Crippen LogP contribution in [-0.2, 0) is 4.74 Å². The molecule has 0 amide bonds. The minimum atomic E-state index is 0.107. The topological polar surface area (TPSA) is 71.6 Å². The zero-order valence-corrected chi connectivity index (χ0v) is 13.2. The highest BCUT2D eigenvalue weighted by Gasteiger charge is 2.28. The Morgan fingerprint density at radius 3 is 2.86 bits per heavy atom. The summed E-state index contributed by atoms with van der Waals surface area (Å²) in [7, 11) is 0. The summed E-state index contributed by atoms with van der Waals surface area (Å²) in [4.78, 5) is 6.83. The van der Waals surface area contributed by atoms with Gasteiger partial charge in [-0.2, -0.15) is 0 Å². The second kappa shape index (κ2) is 6.67.